The molecule has 2 aromatic heterocycles. The molecule has 0 aliphatic carbocycles. The van der Waals surface area contributed by atoms with Crippen LogP contribution in [0.1, 0.15) is 11.3 Å². The Balaban J connectivity index is 2.16. The number of nitrogens with zero attached hydrogens (tertiary/aromatic N) is 4. The summed E-state index contributed by atoms with van der Waals surface area (Å²) in [5.41, 5.74) is -0.690. The van der Waals surface area contributed by atoms with Gasteiger partial charge in [0.2, 0.25) is 0 Å². The maximum absolute atomic E-state index is 12.6. The lowest BCUT2D eigenvalue weighted by molar-refractivity contribution is -0.138. The molecular formula is C10H9F3N4. The fourth-order valence-electron chi connectivity index (χ4n) is 1.46. The molecule has 0 spiro atoms. The SMILES string of the molecule is FC(F)(F)c1cccnc1CCn1nccn1. The van der Waals surface area contributed by atoms with E-state index in [1.54, 1.807) is 0 Å². The van der Waals surface area contributed by atoms with Crippen molar-refractivity contribution in [2.24, 2.45) is 0 Å². The Morgan fingerprint density at radius 1 is 1.12 bits per heavy atom. The van der Waals surface area contributed by atoms with Crippen molar-refractivity contribution in [2.45, 2.75) is 19.1 Å². The van der Waals surface area contributed by atoms with E-state index in [4.69, 9.17) is 0 Å². The van der Waals surface area contributed by atoms with Crippen LogP contribution in [0.15, 0.2) is 30.7 Å². The van der Waals surface area contributed by atoms with E-state index < -0.39 is 11.7 Å². The highest BCUT2D eigenvalue weighted by atomic mass is 19.4. The van der Waals surface area contributed by atoms with E-state index in [2.05, 4.69) is 15.2 Å². The van der Waals surface area contributed by atoms with Gasteiger partial charge in [-0.3, -0.25) is 4.98 Å². The van der Waals surface area contributed by atoms with Gasteiger partial charge in [0.15, 0.2) is 0 Å². The van der Waals surface area contributed by atoms with Gasteiger partial charge in [0.25, 0.3) is 0 Å². The van der Waals surface area contributed by atoms with Crippen LogP contribution in [0.5, 0.6) is 0 Å². The minimum Gasteiger partial charge on any atom is -0.261 e. The maximum atomic E-state index is 12.6. The molecule has 0 N–H and O–H groups in total. The van der Waals surface area contributed by atoms with Crippen LogP contribution in [-0.4, -0.2) is 20.0 Å². The van der Waals surface area contributed by atoms with Gasteiger partial charge in [-0.25, -0.2) is 0 Å². The zero-order valence-corrected chi connectivity index (χ0v) is 8.72. The second-order valence-electron chi connectivity index (χ2n) is 3.37. The van der Waals surface area contributed by atoms with Crippen molar-refractivity contribution < 1.29 is 13.2 Å². The first-order valence-corrected chi connectivity index (χ1v) is 4.92. The number of halogens is 3. The van der Waals surface area contributed by atoms with E-state index in [1.165, 1.54) is 29.5 Å². The summed E-state index contributed by atoms with van der Waals surface area (Å²) >= 11 is 0. The number of hydrogen-bond acceptors (Lipinski definition) is 3. The second kappa shape index (κ2) is 4.52. The monoisotopic (exact) mass is 242 g/mol. The smallest absolute Gasteiger partial charge is 0.261 e. The molecule has 0 aromatic carbocycles. The number of hydrogen-bond donors (Lipinski definition) is 0. The molecule has 90 valence electrons. The van der Waals surface area contributed by atoms with Crippen LogP contribution in [0, 0.1) is 0 Å². The number of pyridine rings is 1. The lowest BCUT2D eigenvalue weighted by Gasteiger charge is -2.10. The Morgan fingerprint density at radius 2 is 1.82 bits per heavy atom. The van der Waals surface area contributed by atoms with Crippen molar-refractivity contribution in [3.8, 4) is 0 Å². The molecule has 0 aliphatic rings. The first kappa shape index (κ1) is 11.6. The largest absolute Gasteiger partial charge is 0.418 e. The van der Waals surface area contributed by atoms with Crippen LogP contribution in [-0.2, 0) is 19.1 Å². The third kappa shape index (κ3) is 2.80. The fourth-order valence-corrected chi connectivity index (χ4v) is 1.46. The Labute approximate surface area is 95.1 Å². The van der Waals surface area contributed by atoms with Gasteiger partial charge in [-0.1, -0.05) is 0 Å². The summed E-state index contributed by atoms with van der Waals surface area (Å²) in [6.07, 6.45) is 0.0682. The summed E-state index contributed by atoms with van der Waals surface area (Å²) in [4.78, 5) is 5.08. The first-order valence-electron chi connectivity index (χ1n) is 4.92. The lowest BCUT2D eigenvalue weighted by atomic mass is 10.1. The molecule has 17 heavy (non-hydrogen) atoms. The summed E-state index contributed by atoms with van der Waals surface area (Å²) < 4.78 is 37.9. The van der Waals surface area contributed by atoms with E-state index >= 15 is 0 Å². The minimum atomic E-state index is -4.37. The normalized spacial score (nSPS) is 11.7. The highest BCUT2D eigenvalue weighted by Crippen LogP contribution is 2.31. The fraction of sp³-hybridized carbons (Fsp3) is 0.300. The van der Waals surface area contributed by atoms with Crippen LogP contribution in [0.4, 0.5) is 13.2 Å². The van der Waals surface area contributed by atoms with E-state index in [0.717, 1.165) is 6.07 Å². The van der Waals surface area contributed by atoms with E-state index in [1.807, 2.05) is 0 Å². The summed E-state index contributed by atoms with van der Waals surface area (Å²) in [5, 5.41) is 7.64. The highest BCUT2D eigenvalue weighted by Gasteiger charge is 2.33. The third-order valence-electron chi connectivity index (χ3n) is 2.21. The van der Waals surface area contributed by atoms with Crippen molar-refractivity contribution in [1.82, 2.24) is 20.0 Å². The van der Waals surface area contributed by atoms with Gasteiger partial charge in [-0.2, -0.15) is 28.2 Å². The summed E-state index contributed by atoms with van der Waals surface area (Å²) in [6.45, 7) is 0.271. The number of alkyl halides is 3. The van der Waals surface area contributed by atoms with E-state index in [-0.39, 0.29) is 18.7 Å². The van der Waals surface area contributed by atoms with Crippen LogP contribution < -0.4 is 0 Å². The van der Waals surface area contributed by atoms with Crippen LogP contribution in [0.25, 0.3) is 0 Å². The Bertz CT molecular complexity index is 479. The van der Waals surface area contributed by atoms with Gasteiger partial charge in [0.05, 0.1) is 30.2 Å². The molecule has 0 unspecified atom stereocenters. The topological polar surface area (TPSA) is 43.6 Å². The molecule has 0 atom stereocenters. The lowest BCUT2D eigenvalue weighted by Crippen LogP contribution is -2.13. The maximum Gasteiger partial charge on any atom is 0.418 e. The Hall–Kier alpha value is -1.92. The summed E-state index contributed by atoms with van der Waals surface area (Å²) in [7, 11) is 0. The molecule has 0 saturated heterocycles. The molecule has 0 fully saturated rings. The van der Waals surface area contributed by atoms with Gasteiger partial charge in [0, 0.05) is 12.6 Å². The molecule has 4 nitrogen and oxygen atoms in total. The molecule has 2 heterocycles. The molecule has 0 aliphatic heterocycles. The number of rotatable bonds is 3. The van der Waals surface area contributed by atoms with Crippen molar-refractivity contribution in [2.75, 3.05) is 0 Å². The predicted molar refractivity (Wildman–Crippen MR) is 53.0 cm³/mol. The zero-order valence-electron chi connectivity index (χ0n) is 8.72. The molecule has 0 amide bonds. The van der Waals surface area contributed by atoms with Gasteiger partial charge >= 0.3 is 6.18 Å². The van der Waals surface area contributed by atoms with Gasteiger partial charge in [0.1, 0.15) is 0 Å². The van der Waals surface area contributed by atoms with Crippen molar-refractivity contribution in [1.29, 1.82) is 0 Å². The molecule has 2 aromatic rings. The summed E-state index contributed by atoms with van der Waals surface area (Å²) in [5.74, 6) is 0. The second-order valence-corrected chi connectivity index (χ2v) is 3.37. The highest BCUT2D eigenvalue weighted by molar-refractivity contribution is 5.22. The third-order valence-corrected chi connectivity index (χ3v) is 2.21. The molecular weight excluding hydrogens is 233 g/mol. The minimum absolute atomic E-state index is 0.0114. The quantitative estimate of drug-likeness (QED) is 0.826. The van der Waals surface area contributed by atoms with Crippen molar-refractivity contribution in [3.63, 3.8) is 0 Å². The number of aryl methyl sites for hydroxylation is 2. The predicted octanol–water partition coefficient (Wildman–Crippen LogP) is 1.93. The van der Waals surface area contributed by atoms with Crippen LogP contribution >= 0.6 is 0 Å². The van der Waals surface area contributed by atoms with Crippen LogP contribution in [0.2, 0.25) is 0 Å². The molecule has 0 saturated carbocycles. The van der Waals surface area contributed by atoms with Crippen LogP contribution in [0.3, 0.4) is 0 Å². The van der Waals surface area contributed by atoms with E-state index in [9.17, 15) is 13.2 Å². The molecule has 0 radical (unpaired) electrons. The molecule has 7 heteroatoms. The zero-order chi connectivity index (χ0) is 12.3. The van der Waals surface area contributed by atoms with Crippen molar-refractivity contribution >= 4 is 0 Å². The average molecular weight is 242 g/mol. The van der Waals surface area contributed by atoms with Gasteiger partial charge in [-0.05, 0) is 12.1 Å². The standard InChI is InChI=1S/C10H9F3N4/c11-10(12,13)8-2-1-4-14-9(8)3-7-17-15-5-6-16-17/h1-2,4-6H,3,7H2. The number of aromatic nitrogens is 4. The van der Waals surface area contributed by atoms with E-state index in [0.29, 0.717) is 0 Å². The Morgan fingerprint density at radius 3 is 2.47 bits per heavy atom. The van der Waals surface area contributed by atoms with Gasteiger partial charge in [-0.15, -0.1) is 0 Å². The average Bonchev–Trinajstić information content (AvgIpc) is 2.78. The summed E-state index contributed by atoms with van der Waals surface area (Å²) in [6, 6.07) is 2.30. The Kier molecular flexibility index (Phi) is 3.08. The van der Waals surface area contributed by atoms with Gasteiger partial charge < -0.3 is 0 Å². The molecule has 2 rings (SSSR count). The van der Waals surface area contributed by atoms with Crippen molar-refractivity contribution in [3.05, 3.63) is 42.0 Å². The molecule has 0 bridgehead atoms. The first-order chi connectivity index (χ1) is 8.07.